The molecule has 1 rings (SSSR count). The van der Waals surface area contributed by atoms with Gasteiger partial charge in [0.1, 0.15) is 0 Å². The minimum atomic E-state index is -0.0363. The number of para-hydroxylation sites is 1. The zero-order valence-corrected chi connectivity index (χ0v) is 12.6. The summed E-state index contributed by atoms with van der Waals surface area (Å²) in [7, 11) is 0. The van der Waals surface area contributed by atoms with Crippen molar-refractivity contribution in [2.24, 2.45) is 0 Å². The molecule has 0 fully saturated rings. The molecule has 0 aliphatic rings. The molecular formula is C17H28O3. The number of unbranched alkanes of at least 4 members (excludes halogenated alkanes) is 5. The highest BCUT2D eigenvalue weighted by atomic mass is 16.5. The van der Waals surface area contributed by atoms with Crippen LogP contribution >= 0.6 is 0 Å². The second-order valence-electron chi connectivity index (χ2n) is 5.27. The zero-order chi connectivity index (χ0) is 14.6. The summed E-state index contributed by atoms with van der Waals surface area (Å²) in [5.41, 5.74) is 0.810. The smallest absolute Gasteiger partial charge is 0.160 e. The van der Waals surface area contributed by atoms with E-state index in [4.69, 9.17) is 4.74 Å². The van der Waals surface area contributed by atoms with E-state index in [1.807, 2.05) is 6.07 Å². The van der Waals surface area contributed by atoms with Gasteiger partial charge in [0.25, 0.3) is 0 Å². The summed E-state index contributed by atoms with van der Waals surface area (Å²) in [5, 5.41) is 19.0. The first-order chi connectivity index (χ1) is 9.75. The standard InChI is InChI=1S/C17H28O3/c1-2-3-4-5-7-13-20-14-8-6-10-15-11-9-12-16(18)17(15)19/h9,11-12,18-19H,2-8,10,13-14H2,1H3. The second-order valence-corrected chi connectivity index (χ2v) is 5.27. The molecule has 114 valence electrons. The lowest BCUT2D eigenvalue weighted by atomic mass is 10.1. The van der Waals surface area contributed by atoms with Crippen LogP contribution in [0.4, 0.5) is 0 Å². The van der Waals surface area contributed by atoms with Gasteiger partial charge in [-0.25, -0.2) is 0 Å². The number of benzene rings is 1. The van der Waals surface area contributed by atoms with Crippen LogP contribution < -0.4 is 0 Å². The Morgan fingerprint density at radius 3 is 2.35 bits per heavy atom. The first kappa shape index (κ1) is 16.8. The average molecular weight is 280 g/mol. The predicted octanol–water partition coefficient (Wildman–Crippen LogP) is 4.41. The number of phenolic OH excluding ortho intramolecular Hbond substituents is 2. The minimum Gasteiger partial charge on any atom is -0.504 e. The zero-order valence-electron chi connectivity index (χ0n) is 12.6. The highest BCUT2D eigenvalue weighted by Gasteiger charge is 2.04. The molecular weight excluding hydrogens is 252 g/mol. The summed E-state index contributed by atoms with van der Waals surface area (Å²) >= 11 is 0. The van der Waals surface area contributed by atoms with Crippen molar-refractivity contribution in [3.05, 3.63) is 23.8 Å². The van der Waals surface area contributed by atoms with Gasteiger partial charge >= 0.3 is 0 Å². The van der Waals surface area contributed by atoms with Crippen molar-refractivity contribution in [2.45, 2.75) is 58.3 Å². The summed E-state index contributed by atoms with van der Waals surface area (Å²) in [4.78, 5) is 0. The number of hydrogen-bond donors (Lipinski definition) is 2. The molecule has 0 spiro atoms. The lowest BCUT2D eigenvalue weighted by Crippen LogP contribution is -1.98. The highest BCUT2D eigenvalue weighted by molar-refractivity contribution is 5.44. The molecule has 0 saturated heterocycles. The van der Waals surface area contributed by atoms with Gasteiger partial charge in [-0.15, -0.1) is 0 Å². The molecule has 20 heavy (non-hydrogen) atoms. The van der Waals surface area contributed by atoms with Crippen LogP contribution in [0.5, 0.6) is 11.5 Å². The SMILES string of the molecule is CCCCCCCOCCCCc1cccc(O)c1O. The van der Waals surface area contributed by atoms with Crippen molar-refractivity contribution in [1.82, 2.24) is 0 Å². The van der Waals surface area contributed by atoms with E-state index in [1.54, 1.807) is 6.07 Å². The Hall–Kier alpha value is -1.22. The van der Waals surface area contributed by atoms with E-state index < -0.39 is 0 Å². The predicted molar refractivity (Wildman–Crippen MR) is 82.3 cm³/mol. The van der Waals surface area contributed by atoms with E-state index in [1.165, 1.54) is 31.7 Å². The molecule has 2 N–H and O–H groups in total. The quantitative estimate of drug-likeness (QED) is 0.466. The number of aromatic hydroxyl groups is 2. The molecule has 0 amide bonds. The van der Waals surface area contributed by atoms with Gasteiger partial charge in [0.05, 0.1) is 0 Å². The molecule has 0 aliphatic heterocycles. The maximum Gasteiger partial charge on any atom is 0.160 e. The average Bonchev–Trinajstić information content (AvgIpc) is 2.45. The van der Waals surface area contributed by atoms with E-state index in [2.05, 4.69) is 6.92 Å². The lowest BCUT2D eigenvalue weighted by molar-refractivity contribution is 0.126. The number of hydrogen-bond acceptors (Lipinski definition) is 3. The van der Waals surface area contributed by atoms with Crippen LogP contribution in [0.3, 0.4) is 0 Å². The number of phenols is 2. The molecule has 3 nitrogen and oxygen atoms in total. The van der Waals surface area contributed by atoms with Crippen LogP contribution in [-0.2, 0) is 11.2 Å². The van der Waals surface area contributed by atoms with Gasteiger partial charge in [-0.3, -0.25) is 0 Å². The van der Waals surface area contributed by atoms with Crippen molar-refractivity contribution in [3.8, 4) is 11.5 Å². The van der Waals surface area contributed by atoms with E-state index in [0.717, 1.165) is 44.5 Å². The van der Waals surface area contributed by atoms with Crippen molar-refractivity contribution in [2.75, 3.05) is 13.2 Å². The third-order valence-electron chi connectivity index (χ3n) is 3.48. The van der Waals surface area contributed by atoms with Crippen LogP contribution in [0.25, 0.3) is 0 Å². The summed E-state index contributed by atoms with van der Waals surface area (Å²) in [6.45, 7) is 3.87. The fourth-order valence-electron chi connectivity index (χ4n) is 2.21. The van der Waals surface area contributed by atoms with Crippen molar-refractivity contribution >= 4 is 0 Å². The van der Waals surface area contributed by atoms with Gasteiger partial charge in [-0.2, -0.15) is 0 Å². The van der Waals surface area contributed by atoms with Gasteiger partial charge in [0.15, 0.2) is 11.5 Å². The van der Waals surface area contributed by atoms with E-state index in [-0.39, 0.29) is 11.5 Å². The molecule has 0 saturated carbocycles. The van der Waals surface area contributed by atoms with Crippen LogP contribution in [0.2, 0.25) is 0 Å². The van der Waals surface area contributed by atoms with E-state index in [0.29, 0.717) is 0 Å². The molecule has 1 aromatic rings. The first-order valence-corrected chi connectivity index (χ1v) is 7.83. The highest BCUT2D eigenvalue weighted by Crippen LogP contribution is 2.29. The Labute approximate surface area is 122 Å². The van der Waals surface area contributed by atoms with Gasteiger partial charge in [0.2, 0.25) is 0 Å². The second kappa shape index (κ2) is 10.6. The van der Waals surface area contributed by atoms with Gasteiger partial charge < -0.3 is 14.9 Å². The largest absolute Gasteiger partial charge is 0.504 e. The van der Waals surface area contributed by atoms with Crippen LogP contribution in [0.1, 0.15) is 57.4 Å². The molecule has 0 heterocycles. The third kappa shape index (κ3) is 6.80. The fourth-order valence-corrected chi connectivity index (χ4v) is 2.21. The molecule has 3 heteroatoms. The van der Waals surface area contributed by atoms with Crippen LogP contribution in [-0.4, -0.2) is 23.4 Å². The molecule has 0 aliphatic carbocycles. The first-order valence-electron chi connectivity index (χ1n) is 7.83. The molecule has 0 aromatic heterocycles. The Bertz CT molecular complexity index is 363. The van der Waals surface area contributed by atoms with Crippen molar-refractivity contribution in [3.63, 3.8) is 0 Å². The molecule has 0 radical (unpaired) electrons. The summed E-state index contributed by atoms with van der Waals surface area (Å²) in [5.74, 6) is -0.0184. The third-order valence-corrected chi connectivity index (χ3v) is 3.48. The Morgan fingerprint density at radius 1 is 0.900 bits per heavy atom. The normalized spacial score (nSPS) is 10.8. The summed E-state index contributed by atoms with van der Waals surface area (Å²) in [6.07, 6.45) is 9.09. The summed E-state index contributed by atoms with van der Waals surface area (Å²) < 4.78 is 5.59. The van der Waals surface area contributed by atoms with Crippen LogP contribution in [0.15, 0.2) is 18.2 Å². The van der Waals surface area contributed by atoms with Crippen molar-refractivity contribution in [1.29, 1.82) is 0 Å². The van der Waals surface area contributed by atoms with Crippen molar-refractivity contribution < 1.29 is 14.9 Å². The Kier molecular flexibility index (Phi) is 8.88. The topological polar surface area (TPSA) is 49.7 Å². The monoisotopic (exact) mass is 280 g/mol. The molecule has 0 atom stereocenters. The van der Waals surface area contributed by atoms with Gasteiger partial charge in [0, 0.05) is 13.2 Å². The molecule has 1 aromatic carbocycles. The van der Waals surface area contributed by atoms with Gasteiger partial charge in [-0.1, -0.05) is 44.7 Å². The van der Waals surface area contributed by atoms with E-state index in [9.17, 15) is 10.2 Å². The fraction of sp³-hybridized carbons (Fsp3) is 0.647. The number of rotatable bonds is 11. The van der Waals surface area contributed by atoms with Gasteiger partial charge in [-0.05, 0) is 37.3 Å². The summed E-state index contributed by atoms with van der Waals surface area (Å²) in [6, 6.07) is 5.11. The van der Waals surface area contributed by atoms with Crippen LogP contribution in [0, 0.1) is 0 Å². The Balaban J connectivity index is 1.98. The lowest BCUT2D eigenvalue weighted by Gasteiger charge is -2.07. The maximum absolute atomic E-state index is 9.66. The van der Waals surface area contributed by atoms with E-state index >= 15 is 0 Å². The molecule has 0 bridgehead atoms. The maximum atomic E-state index is 9.66. The minimum absolute atomic E-state index is 0.0179. The Morgan fingerprint density at radius 2 is 1.60 bits per heavy atom. The number of aryl methyl sites for hydroxylation is 1. The molecule has 0 unspecified atom stereocenters. The number of ether oxygens (including phenoxy) is 1.